The molecule has 0 radical (unpaired) electrons. The number of hydrogen-bond acceptors (Lipinski definition) is 4. The number of carbonyl (C=O) groups excluding carboxylic acids is 2. The summed E-state index contributed by atoms with van der Waals surface area (Å²) in [5.74, 6) is -1.10. The van der Waals surface area contributed by atoms with Crippen molar-refractivity contribution in [3.05, 3.63) is 59.0 Å². The van der Waals surface area contributed by atoms with Crippen LogP contribution < -0.4 is 16.0 Å². The second-order valence-electron chi connectivity index (χ2n) is 6.66. The summed E-state index contributed by atoms with van der Waals surface area (Å²) in [5, 5.41) is 16.0. The SMILES string of the molecule is Cl.O=C(CCNC(=O)c1n[nH]c2ccccc12)Nc1ccc2c(c1F)CCNC2. The van der Waals surface area contributed by atoms with Gasteiger partial charge in [-0.2, -0.15) is 5.10 Å². The molecule has 2 heterocycles. The van der Waals surface area contributed by atoms with Crippen molar-refractivity contribution in [3.63, 3.8) is 0 Å². The predicted octanol–water partition coefficient (Wildman–Crippen LogP) is 2.53. The molecule has 0 aliphatic carbocycles. The highest BCUT2D eigenvalue weighted by Crippen LogP contribution is 2.24. The summed E-state index contributed by atoms with van der Waals surface area (Å²) in [5.41, 5.74) is 2.79. The van der Waals surface area contributed by atoms with Crippen LogP contribution in [-0.4, -0.2) is 35.1 Å². The molecule has 29 heavy (non-hydrogen) atoms. The van der Waals surface area contributed by atoms with Crippen LogP contribution in [0.4, 0.5) is 10.1 Å². The zero-order valence-corrected chi connectivity index (χ0v) is 16.4. The molecule has 3 aromatic rings. The maximum absolute atomic E-state index is 14.6. The zero-order chi connectivity index (χ0) is 19.5. The molecule has 4 rings (SSSR count). The molecule has 9 heteroatoms. The van der Waals surface area contributed by atoms with Gasteiger partial charge in [0.2, 0.25) is 5.91 Å². The van der Waals surface area contributed by atoms with Crippen LogP contribution in [0.3, 0.4) is 0 Å². The second-order valence-corrected chi connectivity index (χ2v) is 6.66. The Morgan fingerprint density at radius 2 is 2.00 bits per heavy atom. The highest BCUT2D eigenvalue weighted by molar-refractivity contribution is 6.04. The molecule has 0 fully saturated rings. The quantitative estimate of drug-likeness (QED) is 0.512. The van der Waals surface area contributed by atoms with E-state index >= 15 is 0 Å². The number of nitrogens with zero attached hydrogens (tertiary/aromatic N) is 1. The van der Waals surface area contributed by atoms with E-state index in [2.05, 4.69) is 26.1 Å². The number of halogens is 2. The van der Waals surface area contributed by atoms with Gasteiger partial charge in [0, 0.05) is 24.9 Å². The maximum atomic E-state index is 14.6. The van der Waals surface area contributed by atoms with Crippen LogP contribution in [0.25, 0.3) is 10.9 Å². The lowest BCUT2D eigenvalue weighted by Crippen LogP contribution is -2.28. The van der Waals surface area contributed by atoms with Crippen molar-refractivity contribution in [3.8, 4) is 0 Å². The lowest BCUT2D eigenvalue weighted by atomic mass is 9.99. The van der Waals surface area contributed by atoms with Crippen molar-refractivity contribution in [2.45, 2.75) is 19.4 Å². The van der Waals surface area contributed by atoms with Crippen LogP contribution in [0.1, 0.15) is 28.0 Å². The van der Waals surface area contributed by atoms with Gasteiger partial charge in [0.15, 0.2) is 5.69 Å². The third kappa shape index (κ3) is 4.38. The van der Waals surface area contributed by atoms with Gasteiger partial charge in [0.1, 0.15) is 5.82 Å². The zero-order valence-electron chi connectivity index (χ0n) is 15.5. The first-order valence-corrected chi connectivity index (χ1v) is 9.15. The van der Waals surface area contributed by atoms with Gasteiger partial charge >= 0.3 is 0 Å². The largest absolute Gasteiger partial charge is 0.350 e. The fourth-order valence-corrected chi connectivity index (χ4v) is 3.35. The molecule has 1 aliphatic rings. The number of carbonyl (C=O) groups is 2. The number of benzene rings is 2. The van der Waals surface area contributed by atoms with Crippen LogP contribution in [0.2, 0.25) is 0 Å². The highest BCUT2D eigenvalue weighted by Gasteiger charge is 2.18. The molecule has 0 saturated carbocycles. The van der Waals surface area contributed by atoms with Crippen molar-refractivity contribution in [2.75, 3.05) is 18.4 Å². The van der Waals surface area contributed by atoms with Gasteiger partial charge in [-0.15, -0.1) is 12.4 Å². The van der Waals surface area contributed by atoms with E-state index in [1.165, 1.54) is 0 Å². The topological polar surface area (TPSA) is 98.9 Å². The Kier molecular flexibility index (Phi) is 6.46. The van der Waals surface area contributed by atoms with Crippen molar-refractivity contribution in [2.24, 2.45) is 0 Å². The summed E-state index contributed by atoms with van der Waals surface area (Å²) in [7, 11) is 0. The number of fused-ring (bicyclic) bond motifs is 2. The summed E-state index contributed by atoms with van der Waals surface area (Å²) in [4.78, 5) is 24.4. The number of amides is 2. The van der Waals surface area contributed by atoms with E-state index in [1.807, 2.05) is 24.3 Å². The molecule has 1 aromatic heterocycles. The Balaban J connectivity index is 0.00000240. The van der Waals surface area contributed by atoms with Crippen LogP contribution in [0.5, 0.6) is 0 Å². The number of hydrogen-bond donors (Lipinski definition) is 4. The third-order valence-corrected chi connectivity index (χ3v) is 4.80. The van der Waals surface area contributed by atoms with E-state index in [-0.39, 0.29) is 54.4 Å². The molecule has 2 aromatic carbocycles. The fourth-order valence-electron chi connectivity index (χ4n) is 3.35. The van der Waals surface area contributed by atoms with Gasteiger partial charge in [-0.05, 0) is 36.2 Å². The van der Waals surface area contributed by atoms with E-state index in [0.29, 0.717) is 18.5 Å². The summed E-state index contributed by atoms with van der Waals surface area (Å²) >= 11 is 0. The first-order valence-electron chi connectivity index (χ1n) is 9.15. The van der Waals surface area contributed by atoms with Crippen LogP contribution >= 0.6 is 12.4 Å². The normalized spacial score (nSPS) is 12.7. The number of H-pyrrole nitrogens is 1. The predicted molar refractivity (Wildman–Crippen MR) is 111 cm³/mol. The van der Waals surface area contributed by atoms with Gasteiger partial charge in [0.05, 0.1) is 11.2 Å². The molecule has 152 valence electrons. The van der Waals surface area contributed by atoms with Gasteiger partial charge in [-0.25, -0.2) is 4.39 Å². The van der Waals surface area contributed by atoms with Gasteiger partial charge < -0.3 is 16.0 Å². The van der Waals surface area contributed by atoms with Gasteiger partial charge in [-0.3, -0.25) is 14.7 Å². The number of rotatable bonds is 5. The average molecular weight is 418 g/mol. The van der Waals surface area contributed by atoms with Crippen molar-refractivity contribution >= 4 is 40.8 Å². The average Bonchev–Trinajstić information content (AvgIpc) is 3.14. The summed E-state index contributed by atoms with van der Waals surface area (Å²) in [6.07, 6.45) is 0.630. The molecular formula is C20H21ClFN5O2. The van der Waals surface area contributed by atoms with Crippen molar-refractivity contribution in [1.29, 1.82) is 0 Å². The monoisotopic (exact) mass is 417 g/mol. The molecule has 0 atom stereocenters. The van der Waals surface area contributed by atoms with Crippen LogP contribution in [0.15, 0.2) is 36.4 Å². The van der Waals surface area contributed by atoms with E-state index < -0.39 is 0 Å². The Hall–Kier alpha value is -2.97. The number of aromatic amines is 1. The second kappa shape index (κ2) is 9.02. The molecule has 0 spiro atoms. The van der Waals surface area contributed by atoms with E-state index in [4.69, 9.17) is 0 Å². The Labute approximate surface area is 172 Å². The number of aromatic nitrogens is 2. The minimum atomic E-state index is -0.376. The number of nitrogens with one attached hydrogen (secondary N) is 4. The molecule has 0 bridgehead atoms. The highest BCUT2D eigenvalue weighted by atomic mass is 35.5. The van der Waals surface area contributed by atoms with Gasteiger partial charge in [0.25, 0.3) is 5.91 Å². The molecular weight excluding hydrogens is 397 g/mol. The van der Waals surface area contributed by atoms with Crippen LogP contribution in [-0.2, 0) is 17.8 Å². The lowest BCUT2D eigenvalue weighted by molar-refractivity contribution is -0.116. The van der Waals surface area contributed by atoms with Gasteiger partial charge in [-0.1, -0.05) is 24.3 Å². The molecule has 1 aliphatic heterocycles. The minimum Gasteiger partial charge on any atom is -0.350 e. The first-order chi connectivity index (χ1) is 13.6. The van der Waals surface area contributed by atoms with E-state index in [0.717, 1.165) is 23.0 Å². The smallest absolute Gasteiger partial charge is 0.272 e. The summed E-state index contributed by atoms with van der Waals surface area (Å²) < 4.78 is 14.6. The summed E-state index contributed by atoms with van der Waals surface area (Å²) in [6.45, 7) is 1.48. The van der Waals surface area contributed by atoms with Crippen molar-refractivity contribution < 1.29 is 14.0 Å². The van der Waals surface area contributed by atoms with E-state index in [9.17, 15) is 14.0 Å². The molecule has 4 N–H and O–H groups in total. The van der Waals surface area contributed by atoms with Crippen LogP contribution in [0, 0.1) is 5.82 Å². The maximum Gasteiger partial charge on any atom is 0.272 e. The Morgan fingerprint density at radius 1 is 1.17 bits per heavy atom. The lowest BCUT2D eigenvalue weighted by Gasteiger charge is -2.19. The first kappa shape index (κ1) is 20.8. The summed E-state index contributed by atoms with van der Waals surface area (Å²) in [6, 6.07) is 10.7. The molecule has 0 unspecified atom stereocenters. The van der Waals surface area contributed by atoms with Crippen molar-refractivity contribution in [1.82, 2.24) is 20.8 Å². The number of anilines is 1. The Bertz CT molecular complexity index is 1050. The number of para-hydroxylation sites is 1. The Morgan fingerprint density at radius 3 is 2.86 bits per heavy atom. The fraction of sp³-hybridized carbons (Fsp3) is 0.250. The molecule has 0 saturated heterocycles. The minimum absolute atomic E-state index is 0. The standard InChI is InChI=1S/C20H20FN5O2.ClH/c21-18-13-7-9-22-11-12(13)5-6-16(18)24-17(27)8-10-23-20(28)19-14-3-1-2-4-15(14)25-26-19;/h1-6,22H,7-11H2,(H,23,28)(H,24,27)(H,25,26);1H. The molecule has 7 nitrogen and oxygen atoms in total. The molecule has 2 amide bonds. The third-order valence-electron chi connectivity index (χ3n) is 4.80. The van der Waals surface area contributed by atoms with E-state index in [1.54, 1.807) is 12.1 Å².